The molecule has 1 fully saturated rings. The van der Waals surface area contributed by atoms with E-state index in [0.29, 0.717) is 13.0 Å². The van der Waals surface area contributed by atoms with Gasteiger partial charge in [-0.1, -0.05) is 11.6 Å². The van der Waals surface area contributed by atoms with Crippen LogP contribution in [0.2, 0.25) is 5.15 Å². The maximum Gasteiger partial charge on any atom is 0.451 e. The van der Waals surface area contributed by atoms with Crippen molar-refractivity contribution in [2.75, 3.05) is 18.5 Å². The van der Waals surface area contributed by atoms with Gasteiger partial charge in [-0.25, -0.2) is 9.97 Å². The van der Waals surface area contributed by atoms with Crippen LogP contribution in [-0.2, 0) is 11.0 Å². The van der Waals surface area contributed by atoms with Crippen LogP contribution < -0.4 is 10.2 Å². The van der Waals surface area contributed by atoms with Gasteiger partial charge in [0.25, 0.3) is 0 Å². The van der Waals surface area contributed by atoms with Gasteiger partial charge < -0.3 is 10.2 Å². The zero-order chi connectivity index (χ0) is 15.6. The van der Waals surface area contributed by atoms with Gasteiger partial charge in [0.1, 0.15) is 17.0 Å². The molecule has 1 saturated heterocycles. The summed E-state index contributed by atoms with van der Waals surface area (Å²) < 4.78 is 38.3. The zero-order valence-electron chi connectivity index (χ0n) is 11.2. The first-order valence-corrected chi connectivity index (χ1v) is 6.80. The van der Waals surface area contributed by atoms with Crippen LogP contribution in [0.4, 0.5) is 19.0 Å². The lowest BCUT2D eigenvalue weighted by Crippen LogP contribution is -2.49. The second-order valence-electron chi connectivity index (χ2n) is 4.69. The van der Waals surface area contributed by atoms with Crippen molar-refractivity contribution in [1.82, 2.24) is 15.3 Å². The largest absolute Gasteiger partial charge is 0.451 e. The van der Waals surface area contributed by atoms with Crippen molar-refractivity contribution in [2.45, 2.75) is 31.5 Å². The molecule has 1 aliphatic rings. The summed E-state index contributed by atoms with van der Waals surface area (Å²) in [6.07, 6.45) is -2.52. The van der Waals surface area contributed by atoms with Gasteiger partial charge in [0, 0.05) is 19.7 Å². The molecule has 0 aromatic carbocycles. The molecule has 2 heterocycles. The summed E-state index contributed by atoms with van der Waals surface area (Å²) in [5, 5.41) is 2.22. The number of hydrogen-bond donors (Lipinski definition) is 1. The summed E-state index contributed by atoms with van der Waals surface area (Å²) in [7, 11) is 1.49. The Bertz CT molecular complexity index is 538. The summed E-state index contributed by atoms with van der Waals surface area (Å²) in [4.78, 5) is 20.1. The number of nitrogens with one attached hydrogen (secondary N) is 1. The van der Waals surface area contributed by atoms with Crippen LogP contribution in [0.15, 0.2) is 6.07 Å². The van der Waals surface area contributed by atoms with Gasteiger partial charge in [-0.2, -0.15) is 13.2 Å². The van der Waals surface area contributed by atoms with E-state index in [9.17, 15) is 18.0 Å². The minimum atomic E-state index is -4.68. The number of likely N-dealkylation sites (N-methyl/N-ethyl adjacent to an activating group) is 1. The van der Waals surface area contributed by atoms with Gasteiger partial charge in [0.05, 0.1) is 0 Å². The third kappa shape index (κ3) is 3.55. The Balaban J connectivity index is 2.39. The summed E-state index contributed by atoms with van der Waals surface area (Å²) >= 11 is 5.66. The molecule has 0 bridgehead atoms. The highest BCUT2D eigenvalue weighted by Crippen LogP contribution is 2.31. The van der Waals surface area contributed by atoms with Crippen molar-refractivity contribution >= 4 is 23.3 Å². The number of hydrogen-bond acceptors (Lipinski definition) is 4. The topological polar surface area (TPSA) is 58.1 Å². The zero-order valence-corrected chi connectivity index (χ0v) is 12.0. The van der Waals surface area contributed by atoms with E-state index in [1.165, 1.54) is 13.1 Å². The van der Waals surface area contributed by atoms with Crippen molar-refractivity contribution in [3.63, 3.8) is 0 Å². The maximum atomic E-state index is 12.8. The monoisotopic (exact) mass is 322 g/mol. The number of halogens is 4. The van der Waals surface area contributed by atoms with E-state index in [1.807, 2.05) is 0 Å². The average molecular weight is 323 g/mol. The summed E-state index contributed by atoms with van der Waals surface area (Å²) in [5.41, 5.74) is 0. The lowest BCUT2D eigenvalue weighted by atomic mass is 10.0. The highest BCUT2D eigenvalue weighted by Gasteiger charge is 2.37. The third-order valence-corrected chi connectivity index (χ3v) is 3.47. The molecule has 0 saturated carbocycles. The minimum absolute atomic E-state index is 0.0237. The first kappa shape index (κ1) is 15.8. The van der Waals surface area contributed by atoms with Crippen LogP contribution >= 0.6 is 11.6 Å². The molecule has 5 nitrogen and oxygen atoms in total. The number of piperidine rings is 1. The van der Waals surface area contributed by atoms with Gasteiger partial charge in [-0.3, -0.25) is 4.79 Å². The highest BCUT2D eigenvalue weighted by molar-refractivity contribution is 6.29. The smallest absolute Gasteiger partial charge is 0.357 e. The summed E-state index contributed by atoms with van der Waals surface area (Å²) in [5.74, 6) is -1.53. The second kappa shape index (κ2) is 6.05. The number of aromatic nitrogens is 2. The van der Waals surface area contributed by atoms with Gasteiger partial charge in [0.2, 0.25) is 11.7 Å². The standard InChI is InChI=1S/C12H14ClF3N4O/c1-17-10(21)7-4-2-3-5-20(7)9-6-8(13)18-11(19-9)12(14,15)16/h6-7H,2-5H2,1H3,(H,17,21). The molecule has 1 amide bonds. The lowest BCUT2D eigenvalue weighted by Gasteiger charge is -2.35. The molecule has 1 atom stereocenters. The predicted molar refractivity (Wildman–Crippen MR) is 71.1 cm³/mol. The Hall–Kier alpha value is -1.57. The molecular weight excluding hydrogens is 309 g/mol. The molecule has 2 rings (SSSR count). The molecule has 9 heteroatoms. The van der Waals surface area contributed by atoms with E-state index in [-0.39, 0.29) is 16.9 Å². The number of carbonyl (C=O) groups excluding carboxylic acids is 1. The summed E-state index contributed by atoms with van der Waals surface area (Å²) in [6, 6.07) is 0.703. The number of nitrogens with zero attached hydrogens (tertiary/aromatic N) is 3. The number of alkyl halides is 3. The van der Waals surface area contributed by atoms with Crippen molar-refractivity contribution in [2.24, 2.45) is 0 Å². The molecule has 1 N–H and O–H groups in total. The molecule has 1 aromatic heterocycles. The van der Waals surface area contributed by atoms with Crippen molar-refractivity contribution < 1.29 is 18.0 Å². The average Bonchev–Trinajstić information content (AvgIpc) is 2.45. The van der Waals surface area contributed by atoms with Crippen LogP contribution in [0.3, 0.4) is 0 Å². The van der Waals surface area contributed by atoms with Crippen molar-refractivity contribution in [3.05, 3.63) is 17.0 Å². The van der Waals surface area contributed by atoms with Crippen LogP contribution in [0.25, 0.3) is 0 Å². The van der Waals surface area contributed by atoms with Crippen molar-refractivity contribution in [3.8, 4) is 0 Å². The quantitative estimate of drug-likeness (QED) is 0.849. The fourth-order valence-corrected chi connectivity index (χ4v) is 2.50. The SMILES string of the molecule is CNC(=O)C1CCCCN1c1cc(Cl)nc(C(F)(F)F)n1. The Kier molecular flexibility index (Phi) is 4.55. The molecule has 0 aliphatic carbocycles. The van der Waals surface area contributed by atoms with Gasteiger partial charge in [-0.15, -0.1) is 0 Å². The van der Waals surface area contributed by atoms with Crippen LogP contribution in [0, 0.1) is 0 Å². The molecule has 0 radical (unpaired) electrons. The van der Waals surface area contributed by atoms with Crippen LogP contribution in [0.1, 0.15) is 25.1 Å². The van der Waals surface area contributed by atoms with Gasteiger partial charge in [0.15, 0.2) is 0 Å². The third-order valence-electron chi connectivity index (χ3n) is 3.28. The molecule has 1 aromatic rings. The first-order valence-electron chi connectivity index (χ1n) is 6.43. The van der Waals surface area contributed by atoms with Gasteiger partial charge >= 0.3 is 6.18 Å². The Morgan fingerprint density at radius 3 is 2.76 bits per heavy atom. The number of rotatable bonds is 2. The molecule has 21 heavy (non-hydrogen) atoms. The molecule has 0 spiro atoms. The number of anilines is 1. The fraction of sp³-hybridized carbons (Fsp3) is 0.583. The first-order chi connectivity index (χ1) is 9.82. The highest BCUT2D eigenvalue weighted by atomic mass is 35.5. The van der Waals surface area contributed by atoms with E-state index in [2.05, 4.69) is 15.3 Å². The Morgan fingerprint density at radius 1 is 1.43 bits per heavy atom. The molecule has 116 valence electrons. The van der Waals surface area contributed by atoms with Crippen molar-refractivity contribution in [1.29, 1.82) is 0 Å². The van der Waals surface area contributed by atoms with E-state index < -0.39 is 18.0 Å². The summed E-state index contributed by atoms with van der Waals surface area (Å²) in [6.45, 7) is 0.447. The second-order valence-corrected chi connectivity index (χ2v) is 5.08. The maximum absolute atomic E-state index is 12.8. The number of carbonyl (C=O) groups is 1. The molecule has 1 unspecified atom stereocenters. The van der Waals surface area contributed by atoms with Gasteiger partial charge in [-0.05, 0) is 19.3 Å². The Labute approximate surface area is 124 Å². The number of amides is 1. The van der Waals surface area contributed by atoms with E-state index >= 15 is 0 Å². The van der Waals surface area contributed by atoms with E-state index in [0.717, 1.165) is 12.8 Å². The normalized spacial score (nSPS) is 19.5. The van der Waals surface area contributed by atoms with Crippen LogP contribution in [0.5, 0.6) is 0 Å². The predicted octanol–water partition coefficient (Wildman–Crippen LogP) is 2.25. The Morgan fingerprint density at radius 2 is 2.14 bits per heavy atom. The van der Waals surface area contributed by atoms with Crippen LogP contribution in [-0.4, -0.2) is 35.5 Å². The molecular formula is C12H14ClF3N4O. The minimum Gasteiger partial charge on any atom is -0.357 e. The lowest BCUT2D eigenvalue weighted by molar-refractivity contribution is -0.144. The van der Waals surface area contributed by atoms with E-state index in [1.54, 1.807) is 4.90 Å². The molecule has 1 aliphatic heterocycles. The van der Waals surface area contributed by atoms with E-state index in [4.69, 9.17) is 11.6 Å². The fourth-order valence-electron chi connectivity index (χ4n) is 2.32.